The fourth-order valence-corrected chi connectivity index (χ4v) is 1.36. The van der Waals surface area contributed by atoms with Crippen LogP contribution in [0.3, 0.4) is 0 Å². The molecule has 2 N–H and O–H groups in total. The molecule has 0 amide bonds. The highest BCUT2D eigenvalue weighted by molar-refractivity contribution is 5.25. The minimum absolute atomic E-state index is 0.118. The van der Waals surface area contributed by atoms with Crippen LogP contribution < -0.4 is 5.73 Å². The first-order valence-electron chi connectivity index (χ1n) is 4.73. The Morgan fingerprint density at radius 1 is 1.23 bits per heavy atom. The summed E-state index contributed by atoms with van der Waals surface area (Å²) >= 11 is 0. The summed E-state index contributed by atoms with van der Waals surface area (Å²) in [6.45, 7) is 8.60. The fraction of sp³-hybridized carbons (Fsp3) is 0.500. The summed E-state index contributed by atoms with van der Waals surface area (Å²) in [6.07, 6.45) is 0. The van der Waals surface area contributed by atoms with E-state index in [1.165, 1.54) is 11.1 Å². The van der Waals surface area contributed by atoms with Gasteiger partial charge < -0.3 is 5.73 Å². The maximum atomic E-state index is 6.14. The van der Waals surface area contributed by atoms with Crippen molar-refractivity contribution in [2.75, 3.05) is 0 Å². The molecule has 0 bridgehead atoms. The van der Waals surface area contributed by atoms with Crippen LogP contribution in [0.2, 0.25) is 0 Å². The minimum Gasteiger partial charge on any atom is -0.324 e. The van der Waals surface area contributed by atoms with E-state index in [-0.39, 0.29) is 11.5 Å². The van der Waals surface area contributed by atoms with Crippen molar-refractivity contribution in [3.05, 3.63) is 35.4 Å². The number of nitrogens with two attached hydrogens (primary N) is 1. The zero-order chi connectivity index (χ0) is 10.1. The van der Waals surface area contributed by atoms with Gasteiger partial charge in [0, 0.05) is 6.04 Å². The van der Waals surface area contributed by atoms with E-state index < -0.39 is 0 Å². The van der Waals surface area contributed by atoms with Gasteiger partial charge in [0.2, 0.25) is 0 Å². The van der Waals surface area contributed by atoms with Gasteiger partial charge in [-0.1, -0.05) is 50.6 Å². The lowest BCUT2D eigenvalue weighted by Crippen LogP contribution is -2.26. The Morgan fingerprint density at radius 3 is 2.31 bits per heavy atom. The molecular formula is C12H19N. The Hall–Kier alpha value is -0.820. The second-order valence-electron chi connectivity index (χ2n) is 4.76. The lowest BCUT2D eigenvalue weighted by Gasteiger charge is -2.27. The van der Waals surface area contributed by atoms with Crippen molar-refractivity contribution >= 4 is 0 Å². The Morgan fingerprint density at radius 2 is 1.85 bits per heavy atom. The topological polar surface area (TPSA) is 26.0 Å². The molecule has 1 atom stereocenters. The molecule has 0 aliphatic carbocycles. The van der Waals surface area contributed by atoms with Crippen LogP contribution in [0.5, 0.6) is 0 Å². The number of aryl methyl sites for hydroxylation is 1. The first kappa shape index (κ1) is 10.3. The van der Waals surface area contributed by atoms with Gasteiger partial charge in [-0.05, 0) is 17.9 Å². The van der Waals surface area contributed by atoms with Gasteiger partial charge in [0.1, 0.15) is 0 Å². The van der Waals surface area contributed by atoms with E-state index in [0.717, 1.165) is 0 Å². The molecule has 0 aliphatic heterocycles. The molecule has 1 aromatic carbocycles. The van der Waals surface area contributed by atoms with Crippen molar-refractivity contribution in [1.29, 1.82) is 0 Å². The van der Waals surface area contributed by atoms with Crippen molar-refractivity contribution in [2.45, 2.75) is 33.7 Å². The van der Waals surface area contributed by atoms with Gasteiger partial charge in [-0.15, -0.1) is 0 Å². The fourth-order valence-electron chi connectivity index (χ4n) is 1.36. The molecule has 0 aromatic heterocycles. The van der Waals surface area contributed by atoms with Crippen LogP contribution in [-0.4, -0.2) is 0 Å². The molecular weight excluding hydrogens is 158 g/mol. The zero-order valence-electron chi connectivity index (χ0n) is 8.96. The van der Waals surface area contributed by atoms with Crippen LogP contribution in [0.25, 0.3) is 0 Å². The molecule has 0 fully saturated rings. The number of hydrogen-bond donors (Lipinski definition) is 1. The van der Waals surface area contributed by atoms with Gasteiger partial charge in [-0.25, -0.2) is 0 Å². The van der Waals surface area contributed by atoms with Crippen LogP contribution in [0.4, 0.5) is 0 Å². The van der Waals surface area contributed by atoms with Crippen molar-refractivity contribution in [3.63, 3.8) is 0 Å². The molecule has 0 saturated carbocycles. The van der Waals surface area contributed by atoms with Gasteiger partial charge in [-0.3, -0.25) is 0 Å². The molecule has 0 unspecified atom stereocenters. The Bertz CT molecular complexity index is 283. The third kappa shape index (κ3) is 2.56. The maximum absolute atomic E-state index is 6.14. The van der Waals surface area contributed by atoms with Gasteiger partial charge in [0.25, 0.3) is 0 Å². The monoisotopic (exact) mass is 177 g/mol. The summed E-state index contributed by atoms with van der Waals surface area (Å²) in [6, 6.07) is 8.54. The lowest BCUT2D eigenvalue weighted by atomic mass is 9.83. The highest BCUT2D eigenvalue weighted by atomic mass is 14.7. The predicted molar refractivity (Wildman–Crippen MR) is 57.6 cm³/mol. The Labute approximate surface area is 81.0 Å². The smallest absolute Gasteiger partial charge is 0.0344 e. The van der Waals surface area contributed by atoms with Crippen molar-refractivity contribution < 1.29 is 0 Å². The molecule has 1 nitrogen and oxygen atoms in total. The number of hydrogen-bond acceptors (Lipinski definition) is 1. The summed E-state index contributed by atoms with van der Waals surface area (Å²) in [7, 11) is 0. The molecule has 0 spiro atoms. The average Bonchev–Trinajstić information content (AvgIpc) is 2.01. The molecule has 1 heteroatoms. The molecule has 1 aromatic rings. The van der Waals surface area contributed by atoms with E-state index in [1.807, 2.05) is 0 Å². The van der Waals surface area contributed by atoms with Crippen molar-refractivity contribution in [1.82, 2.24) is 0 Å². The van der Waals surface area contributed by atoms with Crippen LogP contribution in [0.15, 0.2) is 24.3 Å². The molecule has 0 heterocycles. The van der Waals surface area contributed by atoms with E-state index >= 15 is 0 Å². The standard InChI is InChI=1S/C12H19N/c1-9-6-5-7-10(8-9)11(13)12(2,3)4/h5-8,11H,13H2,1-4H3/t11-/m0/s1. The largest absolute Gasteiger partial charge is 0.324 e. The normalized spacial score (nSPS) is 14.2. The summed E-state index contributed by atoms with van der Waals surface area (Å²) in [5.41, 5.74) is 8.78. The number of rotatable bonds is 1. The predicted octanol–water partition coefficient (Wildman–Crippen LogP) is 3.04. The van der Waals surface area contributed by atoms with E-state index in [9.17, 15) is 0 Å². The van der Waals surface area contributed by atoms with Gasteiger partial charge in [0.15, 0.2) is 0 Å². The average molecular weight is 177 g/mol. The molecule has 0 saturated heterocycles. The lowest BCUT2D eigenvalue weighted by molar-refractivity contribution is 0.327. The van der Waals surface area contributed by atoms with E-state index in [2.05, 4.69) is 52.0 Å². The van der Waals surface area contributed by atoms with E-state index in [4.69, 9.17) is 5.73 Å². The summed E-state index contributed by atoms with van der Waals surface area (Å²) < 4.78 is 0. The minimum atomic E-state index is 0.118. The molecule has 0 radical (unpaired) electrons. The van der Waals surface area contributed by atoms with Crippen LogP contribution in [0.1, 0.15) is 37.9 Å². The third-order valence-corrected chi connectivity index (χ3v) is 2.33. The Kier molecular flexibility index (Phi) is 2.77. The zero-order valence-corrected chi connectivity index (χ0v) is 8.96. The first-order chi connectivity index (χ1) is 5.91. The van der Waals surface area contributed by atoms with E-state index in [1.54, 1.807) is 0 Å². The van der Waals surface area contributed by atoms with Crippen molar-refractivity contribution in [2.24, 2.45) is 11.1 Å². The third-order valence-electron chi connectivity index (χ3n) is 2.33. The summed E-state index contributed by atoms with van der Waals surface area (Å²) in [4.78, 5) is 0. The molecule has 1 rings (SSSR count). The highest BCUT2D eigenvalue weighted by Crippen LogP contribution is 2.30. The summed E-state index contributed by atoms with van der Waals surface area (Å²) in [5.74, 6) is 0. The van der Waals surface area contributed by atoms with Crippen LogP contribution in [-0.2, 0) is 0 Å². The first-order valence-corrected chi connectivity index (χ1v) is 4.73. The van der Waals surface area contributed by atoms with Gasteiger partial charge in [0.05, 0.1) is 0 Å². The Balaban J connectivity index is 2.96. The van der Waals surface area contributed by atoms with Gasteiger partial charge in [-0.2, -0.15) is 0 Å². The quantitative estimate of drug-likeness (QED) is 0.701. The van der Waals surface area contributed by atoms with Crippen LogP contribution >= 0.6 is 0 Å². The van der Waals surface area contributed by atoms with Gasteiger partial charge >= 0.3 is 0 Å². The van der Waals surface area contributed by atoms with E-state index in [0.29, 0.717) is 0 Å². The summed E-state index contributed by atoms with van der Waals surface area (Å²) in [5, 5.41) is 0. The number of benzene rings is 1. The highest BCUT2D eigenvalue weighted by Gasteiger charge is 2.21. The second kappa shape index (κ2) is 3.51. The second-order valence-corrected chi connectivity index (χ2v) is 4.76. The molecule has 72 valence electrons. The molecule has 0 aliphatic rings. The van der Waals surface area contributed by atoms with Crippen LogP contribution in [0, 0.1) is 12.3 Å². The molecule has 13 heavy (non-hydrogen) atoms. The maximum Gasteiger partial charge on any atom is 0.0344 e. The van der Waals surface area contributed by atoms with Crippen molar-refractivity contribution in [3.8, 4) is 0 Å². The SMILES string of the molecule is Cc1cccc([C@H](N)C(C)(C)C)c1.